The van der Waals surface area contributed by atoms with Crippen molar-refractivity contribution in [1.82, 2.24) is 0 Å². The summed E-state index contributed by atoms with van der Waals surface area (Å²) in [6.07, 6.45) is 2.60. The predicted molar refractivity (Wildman–Crippen MR) is 73.4 cm³/mol. The molecule has 0 saturated carbocycles. The molecule has 0 aliphatic carbocycles. The molecule has 0 aliphatic rings. The van der Waals surface area contributed by atoms with Crippen molar-refractivity contribution < 1.29 is 13.0 Å². The van der Waals surface area contributed by atoms with E-state index < -0.39 is 10.1 Å². The van der Waals surface area contributed by atoms with Gasteiger partial charge in [0.1, 0.15) is 0 Å². The molecular weight excluding hydrogens is 248 g/mol. The highest BCUT2D eigenvalue weighted by molar-refractivity contribution is 7.85. The topological polar surface area (TPSA) is 54.4 Å². The molecule has 0 bridgehead atoms. The van der Waals surface area contributed by atoms with Gasteiger partial charge in [0.25, 0.3) is 10.1 Å². The molecule has 0 saturated heterocycles. The first-order valence-corrected chi connectivity index (χ1v) is 7.67. The number of hydrogen-bond donors (Lipinski definition) is 1. The second-order valence-electron chi connectivity index (χ2n) is 5.60. The van der Waals surface area contributed by atoms with Gasteiger partial charge in [-0.05, 0) is 36.8 Å². The predicted octanol–water partition coefficient (Wildman–Crippen LogP) is 3.61. The highest BCUT2D eigenvalue weighted by Gasteiger charge is 2.19. The lowest BCUT2D eigenvalue weighted by molar-refractivity contribution is 0.321. The van der Waals surface area contributed by atoms with Gasteiger partial charge in [0, 0.05) is 0 Å². The van der Waals surface area contributed by atoms with E-state index in [9.17, 15) is 13.0 Å². The van der Waals surface area contributed by atoms with E-state index in [1.807, 2.05) is 13.0 Å². The number of aryl methyl sites for hydroxylation is 2. The number of hydrogen-bond acceptors (Lipinski definition) is 2. The first-order valence-electron chi connectivity index (χ1n) is 6.23. The van der Waals surface area contributed by atoms with Crippen LogP contribution in [0.15, 0.2) is 23.1 Å². The van der Waals surface area contributed by atoms with Crippen LogP contribution in [0.3, 0.4) is 0 Å². The van der Waals surface area contributed by atoms with Crippen molar-refractivity contribution in [2.45, 2.75) is 51.9 Å². The van der Waals surface area contributed by atoms with Crippen LogP contribution in [0.4, 0.5) is 0 Å². The molecule has 0 aromatic heterocycles. The van der Waals surface area contributed by atoms with E-state index in [-0.39, 0.29) is 10.3 Å². The summed E-state index contributed by atoms with van der Waals surface area (Å²) >= 11 is 0. The van der Waals surface area contributed by atoms with Crippen LogP contribution >= 0.6 is 0 Å². The van der Waals surface area contributed by atoms with Gasteiger partial charge in [0.15, 0.2) is 0 Å². The molecular formula is C14H22O3S. The Morgan fingerprint density at radius 2 is 1.89 bits per heavy atom. The van der Waals surface area contributed by atoms with Crippen LogP contribution in [-0.2, 0) is 16.5 Å². The van der Waals surface area contributed by atoms with E-state index >= 15 is 0 Å². The Balaban J connectivity index is 3.05. The molecule has 18 heavy (non-hydrogen) atoms. The summed E-state index contributed by atoms with van der Waals surface area (Å²) < 4.78 is 31.8. The Kier molecular flexibility index (Phi) is 4.56. The van der Waals surface area contributed by atoms with Crippen LogP contribution in [0.1, 0.15) is 44.7 Å². The van der Waals surface area contributed by atoms with E-state index in [0.29, 0.717) is 12.0 Å². The summed E-state index contributed by atoms with van der Waals surface area (Å²) in [5.74, 6) is 0. The van der Waals surface area contributed by atoms with Crippen molar-refractivity contribution in [2.75, 3.05) is 0 Å². The first-order chi connectivity index (χ1) is 8.15. The molecule has 0 aliphatic heterocycles. The molecule has 102 valence electrons. The molecule has 1 N–H and O–H groups in total. The summed E-state index contributed by atoms with van der Waals surface area (Å²) in [5.41, 5.74) is 1.89. The molecule has 4 heteroatoms. The Labute approximate surface area is 110 Å². The molecule has 0 radical (unpaired) electrons. The van der Waals surface area contributed by atoms with Gasteiger partial charge in [0.2, 0.25) is 0 Å². The average molecular weight is 270 g/mol. The van der Waals surface area contributed by atoms with Gasteiger partial charge in [0.05, 0.1) is 4.90 Å². The average Bonchev–Trinajstić information content (AvgIpc) is 2.25. The minimum absolute atomic E-state index is 0.0417. The molecule has 0 unspecified atom stereocenters. The molecule has 1 rings (SSSR count). The van der Waals surface area contributed by atoms with Crippen LogP contribution < -0.4 is 0 Å². The third-order valence-corrected chi connectivity index (χ3v) is 4.48. The van der Waals surface area contributed by atoms with Crippen LogP contribution in [-0.4, -0.2) is 13.0 Å². The normalized spacial score (nSPS) is 12.7. The van der Waals surface area contributed by atoms with E-state index in [1.54, 1.807) is 6.07 Å². The van der Waals surface area contributed by atoms with Gasteiger partial charge in [-0.2, -0.15) is 8.42 Å². The minimum Gasteiger partial charge on any atom is -0.282 e. The summed E-state index contributed by atoms with van der Waals surface area (Å²) in [4.78, 5) is 0.0417. The van der Waals surface area contributed by atoms with Crippen molar-refractivity contribution in [3.05, 3.63) is 29.3 Å². The Morgan fingerprint density at radius 1 is 1.28 bits per heavy atom. The molecule has 3 nitrogen and oxygen atoms in total. The maximum atomic E-state index is 11.3. The third-order valence-electron chi connectivity index (χ3n) is 3.52. The molecule has 0 fully saturated rings. The monoisotopic (exact) mass is 270 g/mol. The van der Waals surface area contributed by atoms with Gasteiger partial charge in [-0.25, -0.2) is 0 Å². The Hall–Kier alpha value is -0.870. The fraction of sp³-hybridized carbons (Fsp3) is 0.571. The summed E-state index contributed by atoms with van der Waals surface area (Å²) in [6, 6.07) is 5.03. The fourth-order valence-electron chi connectivity index (χ4n) is 1.81. The quantitative estimate of drug-likeness (QED) is 0.831. The van der Waals surface area contributed by atoms with E-state index in [1.165, 1.54) is 6.07 Å². The van der Waals surface area contributed by atoms with E-state index in [0.717, 1.165) is 18.4 Å². The second kappa shape index (κ2) is 5.41. The van der Waals surface area contributed by atoms with Crippen molar-refractivity contribution in [3.63, 3.8) is 0 Å². The lowest BCUT2D eigenvalue weighted by Gasteiger charge is -2.22. The summed E-state index contributed by atoms with van der Waals surface area (Å²) in [7, 11) is -4.12. The highest BCUT2D eigenvalue weighted by Crippen LogP contribution is 2.28. The standard InChI is InChI=1S/C14H22O3S/c1-5-14(3,4)9-8-12-10-11(2)6-7-13(12)18(15,16)17/h6-7,10H,5,8-9H2,1-4H3,(H,15,16,17). The van der Waals surface area contributed by atoms with Gasteiger partial charge in [-0.15, -0.1) is 0 Å². The zero-order valence-corrected chi connectivity index (χ0v) is 12.3. The van der Waals surface area contributed by atoms with Crippen molar-refractivity contribution >= 4 is 10.1 Å². The second-order valence-corrected chi connectivity index (χ2v) is 6.99. The van der Waals surface area contributed by atoms with Crippen LogP contribution in [0, 0.1) is 12.3 Å². The maximum Gasteiger partial charge on any atom is 0.294 e. The van der Waals surface area contributed by atoms with Crippen LogP contribution in [0.5, 0.6) is 0 Å². The van der Waals surface area contributed by atoms with Gasteiger partial charge in [-0.3, -0.25) is 4.55 Å². The van der Waals surface area contributed by atoms with Crippen molar-refractivity contribution in [2.24, 2.45) is 5.41 Å². The fourth-order valence-corrected chi connectivity index (χ4v) is 2.54. The smallest absolute Gasteiger partial charge is 0.282 e. The zero-order valence-electron chi connectivity index (χ0n) is 11.5. The molecule has 1 aromatic rings. The lowest BCUT2D eigenvalue weighted by atomic mass is 9.84. The van der Waals surface area contributed by atoms with Gasteiger partial charge < -0.3 is 0 Å². The lowest BCUT2D eigenvalue weighted by Crippen LogP contribution is -2.12. The Bertz CT molecular complexity index is 516. The molecule has 0 heterocycles. The highest BCUT2D eigenvalue weighted by atomic mass is 32.2. The third kappa shape index (κ3) is 4.10. The van der Waals surface area contributed by atoms with E-state index in [4.69, 9.17) is 0 Å². The Morgan fingerprint density at radius 3 is 2.39 bits per heavy atom. The van der Waals surface area contributed by atoms with E-state index in [2.05, 4.69) is 20.8 Å². The van der Waals surface area contributed by atoms with Crippen molar-refractivity contribution in [1.29, 1.82) is 0 Å². The molecule has 0 spiro atoms. The van der Waals surface area contributed by atoms with Crippen LogP contribution in [0.25, 0.3) is 0 Å². The minimum atomic E-state index is -4.12. The number of benzene rings is 1. The maximum absolute atomic E-state index is 11.3. The molecule has 0 amide bonds. The zero-order chi connectivity index (χ0) is 14.0. The van der Waals surface area contributed by atoms with Crippen molar-refractivity contribution in [3.8, 4) is 0 Å². The van der Waals surface area contributed by atoms with Crippen LogP contribution in [0.2, 0.25) is 0 Å². The van der Waals surface area contributed by atoms with Gasteiger partial charge in [-0.1, -0.05) is 44.9 Å². The number of rotatable bonds is 5. The SMILES string of the molecule is CCC(C)(C)CCc1cc(C)ccc1S(=O)(=O)O. The first kappa shape index (κ1) is 15.2. The summed E-state index contributed by atoms with van der Waals surface area (Å²) in [5, 5.41) is 0. The molecule has 0 atom stereocenters. The van der Waals surface area contributed by atoms with Gasteiger partial charge >= 0.3 is 0 Å². The summed E-state index contributed by atoms with van der Waals surface area (Å²) in [6.45, 7) is 8.37. The molecule has 1 aromatic carbocycles. The largest absolute Gasteiger partial charge is 0.294 e.